The summed E-state index contributed by atoms with van der Waals surface area (Å²) >= 11 is 0. The van der Waals surface area contributed by atoms with Gasteiger partial charge in [-0.3, -0.25) is 28.8 Å². The highest BCUT2D eigenvalue weighted by Crippen LogP contribution is 2.35. The molecule has 0 aromatic rings. The van der Waals surface area contributed by atoms with E-state index in [9.17, 15) is 62.3 Å². The van der Waals surface area contributed by atoms with Gasteiger partial charge in [-0.1, -0.05) is 62.3 Å². The summed E-state index contributed by atoms with van der Waals surface area (Å²) in [4.78, 5) is 149. The zero-order valence-electron chi connectivity index (χ0n) is 60.3. The minimum atomic E-state index is -0.865. The van der Waals surface area contributed by atoms with Crippen LogP contribution in [-0.2, 0) is 124 Å². The lowest BCUT2D eigenvalue weighted by Crippen LogP contribution is -2.39. The van der Waals surface area contributed by atoms with Gasteiger partial charge in [0, 0.05) is 37.0 Å². The SMILES string of the molecule is CCC(C)(C)C(=O)OC1C(=O)OCC1(C)C.CCC(C)(C)C(=O)OC1C(=O)OCC1C.CCC(C)(C)C(=O)OC1CC(C)(C)OC1=O.CCC(C)(C)C(=O)OC1CC(C)OC1=O.CCC(C)(C)C(=O)OC1CCOC1=O.CCC(C)(C)C(=O)OCC(=O)OC1CCOC1=O. The molecule has 0 aromatic carbocycles. The van der Waals surface area contributed by atoms with Gasteiger partial charge < -0.3 is 61.6 Å². The molecule has 6 aliphatic heterocycles. The van der Waals surface area contributed by atoms with Gasteiger partial charge in [0.05, 0.1) is 52.3 Å². The number of hydrogen-bond acceptors (Lipinski definition) is 26. The minimum absolute atomic E-state index is 0.0471. The molecule has 0 bridgehead atoms. The van der Waals surface area contributed by atoms with E-state index in [1.54, 1.807) is 76.2 Å². The second kappa shape index (κ2) is 35.7. The van der Waals surface area contributed by atoms with Crippen molar-refractivity contribution >= 4 is 77.6 Å². The number of cyclic esters (lactones) is 6. The highest BCUT2D eigenvalue weighted by atomic mass is 16.6. The van der Waals surface area contributed by atoms with Crippen molar-refractivity contribution in [1.82, 2.24) is 0 Å². The average Bonchev–Trinajstić information content (AvgIpc) is 1.68. The van der Waals surface area contributed by atoms with Crippen LogP contribution in [0.1, 0.15) is 230 Å². The molecule has 8 atom stereocenters. The van der Waals surface area contributed by atoms with E-state index in [-0.39, 0.29) is 48.5 Å². The molecule has 8 unspecified atom stereocenters. The summed E-state index contributed by atoms with van der Waals surface area (Å²) in [6.07, 6.45) is 1.08. The lowest BCUT2D eigenvalue weighted by atomic mass is 9.88. The van der Waals surface area contributed by atoms with E-state index in [2.05, 4.69) is 4.74 Å². The Kier molecular flexibility index (Phi) is 32.4. The zero-order chi connectivity index (χ0) is 72.9. The molecule has 538 valence electrons. The second-order valence-corrected chi connectivity index (χ2v) is 29.3. The fourth-order valence-corrected chi connectivity index (χ4v) is 7.49. The lowest BCUT2D eigenvalue weighted by molar-refractivity contribution is -0.170. The van der Waals surface area contributed by atoms with E-state index in [1.165, 1.54) is 0 Å². The monoisotopic (exact) mass is 1340 g/mol. The summed E-state index contributed by atoms with van der Waals surface area (Å²) in [5.74, 6) is -5.63. The van der Waals surface area contributed by atoms with E-state index in [0.717, 1.165) is 0 Å². The van der Waals surface area contributed by atoms with Gasteiger partial charge in [-0.25, -0.2) is 33.6 Å². The van der Waals surface area contributed by atoms with Gasteiger partial charge in [-0.05, 0) is 142 Å². The summed E-state index contributed by atoms with van der Waals surface area (Å²) in [7, 11) is 0. The third-order valence-electron chi connectivity index (χ3n) is 17.4. The van der Waals surface area contributed by atoms with Gasteiger partial charge in [0.2, 0.25) is 36.6 Å². The fraction of sp³-hybridized carbons (Fsp3) is 0.809. The molecule has 0 saturated carbocycles. The first-order chi connectivity index (χ1) is 43.0. The van der Waals surface area contributed by atoms with Gasteiger partial charge >= 0.3 is 77.6 Å². The maximum atomic E-state index is 11.9. The molecule has 0 spiro atoms. The standard InChI is InChI=1S/C12H18O6.2C12H20O4.2C11H18O4.C10H16O4/c1-4-12(2,3)11(15)17-7-9(13)18-8-5-6-16-10(8)14;1-6-11(2,3)10(14)16-8-9(13)15-7-12(8,4)5;1-6-11(2,3)10(14)15-8-7-12(4,5)16-9(8)13;1-5-11(3,4)10(13)15-8-7(2)6-14-9(8)12;1-5-11(3,4)10(13)15-8-6-7(2)14-9(8)12;1-4-10(2,3)9(12)14-7-5-6-13-8(7)11/h8H,4-7H2,1-3H3;2*8H,6-7H2,1-5H3;2*7-8H,5-6H2,1-4H3;7H,4-6H2,1-3H3. The van der Waals surface area contributed by atoms with Crippen molar-refractivity contribution in [1.29, 1.82) is 0 Å². The predicted molar refractivity (Wildman–Crippen MR) is 336 cm³/mol. The van der Waals surface area contributed by atoms with Crippen LogP contribution < -0.4 is 0 Å². The van der Waals surface area contributed by atoms with Crippen molar-refractivity contribution in [2.24, 2.45) is 43.8 Å². The third-order valence-corrected chi connectivity index (χ3v) is 17.4. The molecule has 6 saturated heterocycles. The third kappa shape index (κ3) is 26.4. The van der Waals surface area contributed by atoms with Crippen LogP contribution in [0, 0.1) is 43.8 Å². The quantitative estimate of drug-likeness (QED) is 0.0809. The maximum Gasteiger partial charge on any atom is 0.348 e. The molecule has 26 heteroatoms. The molecule has 26 nitrogen and oxygen atoms in total. The summed E-state index contributed by atoms with van der Waals surface area (Å²) in [6, 6.07) is 0. The zero-order valence-corrected chi connectivity index (χ0v) is 60.3. The Balaban J connectivity index is 0.000000565. The van der Waals surface area contributed by atoms with Crippen molar-refractivity contribution in [3.8, 4) is 0 Å². The van der Waals surface area contributed by atoms with Gasteiger partial charge in [0.15, 0.2) is 6.61 Å². The Labute approximate surface area is 555 Å². The summed E-state index contributed by atoms with van der Waals surface area (Å²) in [6.45, 7) is 44.7. The fourth-order valence-electron chi connectivity index (χ4n) is 7.49. The summed E-state index contributed by atoms with van der Waals surface area (Å²) in [5, 5.41) is 0. The second-order valence-electron chi connectivity index (χ2n) is 29.3. The number of carbonyl (C=O) groups excluding carboxylic acids is 13. The molecule has 0 aromatic heterocycles. The van der Waals surface area contributed by atoms with E-state index in [4.69, 9.17) is 56.8 Å². The molecule has 6 aliphatic rings. The smallest absolute Gasteiger partial charge is 0.348 e. The number of hydrogen-bond donors (Lipinski definition) is 0. The van der Waals surface area contributed by atoms with E-state index in [0.29, 0.717) is 84.0 Å². The Morgan fingerprint density at radius 3 is 1.15 bits per heavy atom. The molecular weight excluding hydrogens is 1230 g/mol. The molecule has 6 rings (SSSR count). The molecule has 6 heterocycles. The number of ether oxygens (including phenoxy) is 13. The summed E-state index contributed by atoms with van der Waals surface area (Å²) < 4.78 is 64.6. The Morgan fingerprint density at radius 2 is 0.819 bits per heavy atom. The first kappa shape index (κ1) is 85.1. The van der Waals surface area contributed by atoms with Crippen molar-refractivity contribution in [3.63, 3.8) is 0 Å². The van der Waals surface area contributed by atoms with E-state index in [1.807, 2.05) is 90.0 Å². The number of carbonyl (C=O) groups is 13. The van der Waals surface area contributed by atoms with Crippen molar-refractivity contribution in [3.05, 3.63) is 0 Å². The summed E-state index contributed by atoms with van der Waals surface area (Å²) in [5.41, 5.74) is -4.30. The van der Waals surface area contributed by atoms with Crippen molar-refractivity contribution in [2.45, 2.75) is 279 Å². The van der Waals surface area contributed by atoms with Gasteiger partial charge in [0.1, 0.15) is 18.3 Å². The Hall–Kier alpha value is -6.89. The van der Waals surface area contributed by atoms with Gasteiger partial charge in [-0.2, -0.15) is 0 Å². The van der Waals surface area contributed by atoms with Crippen LogP contribution in [0.3, 0.4) is 0 Å². The first-order valence-corrected chi connectivity index (χ1v) is 32.5. The van der Waals surface area contributed by atoms with Gasteiger partial charge in [0.25, 0.3) is 0 Å². The molecular formula is C68H110O26. The predicted octanol–water partition coefficient (Wildman–Crippen LogP) is 9.28. The maximum absolute atomic E-state index is 11.9. The normalized spacial score (nSPS) is 23.5. The molecule has 0 amide bonds. The topological polar surface area (TPSA) is 342 Å². The van der Waals surface area contributed by atoms with E-state index < -0.39 is 134 Å². The van der Waals surface area contributed by atoms with Gasteiger partial charge in [-0.15, -0.1) is 0 Å². The largest absolute Gasteiger partial charge is 0.463 e. The lowest BCUT2D eigenvalue weighted by Gasteiger charge is -2.27. The molecule has 0 N–H and O–H groups in total. The molecule has 94 heavy (non-hydrogen) atoms. The first-order valence-electron chi connectivity index (χ1n) is 32.5. The van der Waals surface area contributed by atoms with Crippen LogP contribution in [-0.4, -0.2) is 159 Å². The highest BCUT2D eigenvalue weighted by molar-refractivity contribution is 5.87. The number of rotatable bonds is 20. The highest BCUT2D eigenvalue weighted by Gasteiger charge is 2.49. The molecule has 6 fully saturated rings. The van der Waals surface area contributed by atoms with Crippen molar-refractivity contribution in [2.75, 3.05) is 33.0 Å². The minimum Gasteiger partial charge on any atom is -0.463 e. The van der Waals surface area contributed by atoms with Crippen LogP contribution in [0.15, 0.2) is 0 Å². The number of esters is 13. The molecule has 0 aliphatic carbocycles. The van der Waals surface area contributed by atoms with Crippen LogP contribution in [0.4, 0.5) is 0 Å². The Morgan fingerprint density at radius 1 is 0.436 bits per heavy atom. The molecule has 0 radical (unpaired) electrons. The van der Waals surface area contributed by atoms with Crippen LogP contribution in [0.25, 0.3) is 0 Å². The van der Waals surface area contributed by atoms with E-state index >= 15 is 0 Å². The van der Waals surface area contributed by atoms with Crippen LogP contribution in [0.5, 0.6) is 0 Å². The Bertz CT molecular complexity index is 2650. The van der Waals surface area contributed by atoms with Crippen LogP contribution in [0.2, 0.25) is 0 Å². The van der Waals surface area contributed by atoms with Crippen LogP contribution >= 0.6 is 0 Å². The average molecular weight is 1340 g/mol. The van der Waals surface area contributed by atoms with Crippen molar-refractivity contribution < 1.29 is 124 Å².